The van der Waals surface area contributed by atoms with E-state index in [1.54, 1.807) is 24.9 Å². The molecule has 4 heteroatoms. The van der Waals surface area contributed by atoms with Gasteiger partial charge >= 0.3 is 0 Å². The summed E-state index contributed by atoms with van der Waals surface area (Å²) < 4.78 is 5.12. The highest BCUT2D eigenvalue weighted by atomic mass is 32.2. The van der Waals surface area contributed by atoms with Crippen molar-refractivity contribution in [3.8, 4) is 11.5 Å². The van der Waals surface area contributed by atoms with E-state index in [0.717, 1.165) is 17.0 Å². The number of rotatable bonds is 6. The number of phenolic OH excluding ortho intramolecular Hbond substituents is 1. The van der Waals surface area contributed by atoms with Crippen LogP contribution in [0.3, 0.4) is 0 Å². The first-order valence-corrected chi connectivity index (χ1v) is 7.55. The molecule has 0 radical (unpaired) electrons. The minimum absolute atomic E-state index is 0.197. The van der Waals surface area contributed by atoms with Crippen molar-refractivity contribution in [1.29, 1.82) is 0 Å². The second-order valence-electron chi connectivity index (χ2n) is 4.25. The fourth-order valence-corrected chi connectivity index (χ4v) is 2.74. The average molecular weight is 289 g/mol. The number of benzene rings is 2. The van der Waals surface area contributed by atoms with Gasteiger partial charge < -0.3 is 15.2 Å². The number of ether oxygens (including phenoxy) is 1. The Bertz CT molecular complexity index is 572. The number of hydrogen-bond acceptors (Lipinski definition) is 4. The number of phenols is 1. The third-order valence-corrected chi connectivity index (χ3v) is 3.91. The van der Waals surface area contributed by atoms with Gasteiger partial charge in [0.1, 0.15) is 0 Å². The van der Waals surface area contributed by atoms with Gasteiger partial charge in [0.05, 0.1) is 7.11 Å². The molecule has 2 aromatic carbocycles. The monoisotopic (exact) mass is 289 g/mol. The zero-order valence-electron chi connectivity index (χ0n) is 11.7. The SMILES string of the molecule is CCSc1ccccc1NCc1cccc(OC)c1O. The maximum atomic E-state index is 10.1. The lowest BCUT2D eigenvalue weighted by molar-refractivity contribution is 0.371. The fraction of sp³-hybridized carbons (Fsp3) is 0.250. The minimum atomic E-state index is 0.197. The van der Waals surface area contributed by atoms with E-state index in [2.05, 4.69) is 24.4 Å². The van der Waals surface area contributed by atoms with E-state index in [1.165, 1.54) is 4.90 Å². The molecule has 3 nitrogen and oxygen atoms in total. The summed E-state index contributed by atoms with van der Waals surface area (Å²) in [5.41, 5.74) is 1.90. The number of hydrogen-bond donors (Lipinski definition) is 2. The first-order chi connectivity index (χ1) is 9.76. The zero-order chi connectivity index (χ0) is 14.4. The number of anilines is 1. The number of para-hydroxylation sites is 2. The topological polar surface area (TPSA) is 41.5 Å². The summed E-state index contributed by atoms with van der Waals surface area (Å²) >= 11 is 1.80. The molecular weight excluding hydrogens is 270 g/mol. The van der Waals surface area contributed by atoms with Crippen molar-refractivity contribution in [1.82, 2.24) is 0 Å². The Hall–Kier alpha value is -1.81. The summed E-state index contributed by atoms with van der Waals surface area (Å²) in [5, 5.41) is 13.4. The van der Waals surface area contributed by atoms with Crippen molar-refractivity contribution in [2.24, 2.45) is 0 Å². The average Bonchev–Trinajstić information content (AvgIpc) is 2.48. The maximum absolute atomic E-state index is 10.1. The van der Waals surface area contributed by atoms with Crippen molar-refractivity contribution in [3.63, 3.8) is 0 Å². The van der Waals surface area contributed by atoms with Crippen LogP contribution in [0.15, 0.2) is 47.4 Å². The van der Waals surface area contributed by atoms with E-state index in [4.69, 9.17) is 4.74 Å². The van der Waals surface area contributed by atoms with Gasteiger partial charge in [-0.15, -0.1) is 11.8 Å². The molecule has 0 aliphatic heterocycles. The third-order valence-electron chi connectivity index (χ3n) is 2.96. The van der Waals surface area contributed by atoms with Crippen molar-refractivity contribution in [2.75, 3.05) is 18.2 Å². The summed E-state index contributed by atoms with van der Waals surface area (Å²) in [6.07, 6.45) is 0. The van der Waals surface area contributed by atoms with E-state index >= 15 is 0 Å². The van der Waals surface area contributed by atoms with Crippen LogP contribution in [0.4, 0.5) is 5.69 Å². The standard InChI is InChI=1S/C16H19NO2S/c1-3-20-15-10-5-4-8-13(15)17-11-12-7-6-9-14(19-2)16(12)18/h4-10,17-18H,3,11H2,1-2H3. The van der Waals surface area contributed by atoms with E-state index in [9.17, 15) is 5.11 Å². The predicted molar refractivity (Wildman–Crippen MR) is 84.8 cm³/mol. The summed E-state index contributed by atoms with van der Waals surface area (Å²) in [5.74, 6) is 1.73. The molecular formula is C16H19NO2S. The molecule has 0 saturated heterocycles. The zero-order valence-corrected chi connectivity index (χ0v) is 12.5. The maximum Gasteiger partial charge on any atom is 0.162 e. The van der Waals surface area contributed by atoms with Gasteiger partial charge in [-0.05, 0) is 24.0 Å². The highest BCUT2D eigenvalue weighted by Crippen LogP contribution is 2.31. The number of thioether (sulfide) groups is 1. The first kappa shape index (κ1) is 14.6. The van der Waals surface area contributed by atoms with E-state index in [1.807, 2.05) is 24.3 Å². The number of nitrogens with one attached hydrogen (secondary N) is 1. The Morgan fingerprint density at radius 2 is 1.95 bits per heavy atom. The largest absolute Gasteiger partial charge is 0.504 e. The lowest BCUT2D eigenvalue weighted by atomic mass is 10.2. The molecule has 0 aromatic heterocycles. The van der Waals surface area contributed by atoms with Gasteiger partial charge in [0.2, 0.25) is 0 Å². The van der Waals surface area contributed by atoms with Gasteiger partial charge in [-0.3, -0.25) is 0 Å². The van der Waals surface area contributed by atoms with Crippen LogP contribution in [0.1, 0.15) is 12.5 Å². The molecule has 2 rings (SSSR count). The number of aromatic hydroxyl groups is 1. The van der Waals surface area contributed by atoms with Crippen LogP contribution in [0, 0.1) is 0 Å². The molecule has 2 aromatic rings. The van der Waals surface area contributed by atoms with Crippen LogP contribution in [0.5, 0.6) is 11.5 Å². The quantitative estimate of drug-likeness (QED) is 0.785. The molecule has 0 spiro atoms. The Labute approximate surface area is 124 Å². The normalized spacial score (nSPS) is 10.3. The first-order valence-electron chi connectivity index (χ1n) is 6.56. The highest BCUT2D eigenvalue weighted by molar-refractivity contribution is 7.99. The van der Waals surface area contributed by atoms with Gasteiger partial charge in [0.25, 0.3) is 0 Å². The van der Waals surface area contributed by atoms with Crippen LogP contribution < -0.4 is 10.1 Å². The molecule has 0 aliphatic rings. The predicted octanol–water partition coefficient (Wildman–Crippen LogP) is 4.12. The molecule has 0 bridgehead atoms. The lowest BCUT2D eigenvalue weighted by Gasteiger charge is -2.13. The summed E-state index contributed by atoms with van der Waals surface area (Å²) in [4.78, 5) is 1.22. The molecule has 0 amide bonds. The Kier molecular flexibility index (Phi) is 5.18. The second kappa shape index (κ2) is 7.10. The molecule has 0 unspecified atom stereocenters. The van der Waals surface area contributed by atoms with E-state index in [0.29, 0.717) is 12.3 Å². The lowest BCUT2D eigenvalue weighted by Crippen LogP contribution is -2.01. The van der Waals surface area contributed by atoms with Gasteiger partial charge in [-0.1, -0.05) is 31.2 Å². The molecule has 0 saturated carbocycles. The van der Waals surface area contributed by atoms with Crippen LogP contribution >= 0.6 is 11.8 Å². The third kappa shape index (κ3) is 3.39. The smallest absolute Gasteiger partial charge is 0.162 e. The summed E-state index contributed by atoms with van der Waals surface area (Å²) in [6.45, 7) is 2.69. The van der Waals surface area contributed by atoms with Gasteiger partial charge in [-0.2, -0.15) is 0 Å². The van der Waals surface area contributed by atoms with Crippen molar-refractivity contribution >= 4 is 17.4 Å². The van der Waals surface area contributed by atoms with Crippen LogP contribution in [0.25, 0.3) is 0 Å². The summed E-state index contributed by atoms with van der Waals surface area (Å²) in [7, 11) is 1.56. The van der Waals surface area contributed by atoms with E-state index < -0.39 is 0 Å². The molecule has 20 heavy (non-hydrogen) atoms. The molecule has 0 aliphatic carbocycles. The van der Waals surface area contributed by atoms with Crippen LogP contribution in [-0.2, 0) is 6.54 Å². The van der Waals surface area contributed by atoms with Crippen molar-refractivity contribution in [3.05, 3.63) is 48.0 Å². The second-order valence-corrected chi connectivity index (χ2v) is 5.56. The van der Waals surface area contributed by atoms with Crippen LogP contribution in [0.2, 0.25) is 0 Å². The van der Waals surface area contributed by atoms with Gasteiger partial charge in [0.15, 0.2) is 11.5 Å². The molecule has 0 atom stereocenters. The Morgan fingerprint density at radius 1 is 1.15 bits per heavy atom. The van der Waals surface area contributed by atoms with Crippen LogP contribution in [-0.4, -0.2) is 18.0 Å². The minimum Gasteiger partial charge on any atom is -0.504 e. The van der Waals surface area contributed by atoms with Crippen molar-refractivity contribution < 1.29 is 9.84 Å². The molecule has 0 fully saturated rings. The Balaban J connectivity index is 2.13. The van der Waals surface area contributed by atoms with E-state index in [-0.39, 0.29) is 5.75 Å². The molecule has 0 heterocycles. The Morgan fingerprint density at radius 3 is 2.70 bits per heavy atom. The molecule has 2 N–H and O–H groups in total. The van der Waals surface area contributed by atoms with Gasteiger partial charge in [0, 0.05) is 22.7 Å². The van der Waals surface area contributed by atoms with Gasteiger partial charge in [-0.25, -0.2) is 0 Å². The summed E-state index contributed by atoms with van der Waals surface area (Å²) in [6, 6.07) is 13.7. The molecule has 106 valence electrons. The highest BCUT2D eigenvalue weighted by Gasteiger charge is 2.08. The van der Waals surface area contributed by atoms with Crippen molar-refractivity contribution in [2.45, 2.75) is 18.4 Å². The fourth-order valence-electron chi connectivity index (χ4n) is 1.96. The number of methoxy groups -OCH3 is 1.